The van der Waals surface area contributed by atoms with Crippen LogP contribution in [0.25, 0.3) is 0 Å². The number of nitrogens with zero attached hydrogens (tertiary/aromatic N) is 2. The molecule has 1 amide bonds. The van der Waals surface area contributed by atoms with E-state index in [9.17, 15) is 9.18 Å². The van der Waals surface area contributed by atoms with Crippen LogP contribution in [-0.2, 0) is 10.5 Å². The summed E-state index contributed by atoms with van der Waals surface area (Å²) in [4.78, 5) is 18.9. The molecule has 0 aliphatic carbocycles. The number of benzene rings is 3. The second kappa shape index (κ2) is 10.6. The van der Waals surface area contributed by atoms with E-state index >= 15 is 0 Å². The molecule has 2 aliphatic rings. The summed E-state index contributed by atoms with van der Waals surface area (Å²) in [5.74, 6) is 0.824. The summed E-state index contributed by atoms with van der Waals surface area (Å²) in [5, 5.41) is 3.33. The van der Waals surface area contributed by atoms with E-state index in [2.05, 4.69) is 63.6 Å². The fourth-order valence-electron chi connectivity index (χ4n) is 4.85. The lowest BCUT2D eigenvalue weighted by molar-refractivity contribution is -0.121. The predicted octanol–water partition coefficient (Wildman–Crippen LogP) is 5.24. The second-order valence-electron chi connectivity index (χ2n) is 8.93. The first-order valence-corrected chi connectivity index (χ1v) is 13.0. The van der Waals surface area contributed by atoms with Crippen LogP contribution in [-0.4, -0.2) is 43.5 Å². The number of rotatable bonds is 6. The van der Waals surface area contributed by atoms with Crippen molar-refractivity contribution in [3.8, 4) is 0 Å². The zero-order valence-electron chi connectivity index (χ0n) is 19.3. The third kappa shape index (κ3) is 5.29. The number of nitrogens with one attached hydrogen (secondary N) is 1. The van der Waals surface area contributed by atoms with Gasteiger partial charge in [0.15, 0.2) is 0 Å². The Balaban J connectivity index is 1.14. The van der Waals surface area contributed by atoms with Crippen molar-refractivity contribution >= 4 is 23.4 Å². The van der Waals surface area contributed by atoms with E-state index in [1.54, 1.807) is 0 Å². The number of anilines is 1. The number of piperazine rings is 1. The molecule has 5 rings (SSSR count). The van der Waals surface area contributed by atoms with Gasteiger partial charge in [-0.15, -0.1) is 11.8 Å². The first kappa shape index (κ1) is 22.9. The Morgan fingerprint density at radius 1 is 0.912 bits per heavy atom. The maximum Gasteiger partial charge on any atom is 0.220 e. The van der Waals surface area contributed by atoms with Gasteiger partial charge in [-0.3, -0.25) is 9.69 Å². The summed E-state index contributed by atoms with van der Waals surface area (Å²) in [6.45, 7) is 4.67. The van der Waals surface area contributed by atoms with Gasteiger partial charge in [0.25, 0.3) is 0 Å². The monoisotopic (exact) mass is 475 g/mol. The summed E-state index contributed by atoms with van der Waals surface area (Å²) >= 11 is 1.84. The second-order valence-corrected chi connectivity index (χ2v) is 9.95. The zero-order valence-corrected chi connectivity index (χ0v) is 20.1. The van der Waals surface area contributed by atoms with Gasteiger partial charge in [-0.2, -0.15) is 0 Å². The molecule has 2 heterocycles. The molecule has 1 atom stereocenters. The van der Waals surface area contributed by atoms with Crippen LogP contribution in [0.2, 0.25) is 0 Å². The average molecular weight is 476 g/mol. The lowest BCUT2D eigenvalue weighted by atomic mass is 9.95. The van der Waals surface area contributed by atoms with E-state index in [-0.39, 0.29) is 17.8 Å². The number of hydrogen-bond donors (Lipinski definition) is 1. The lowest BCUT2D eigenvalue weighted by Gasteiger charge is -2.36. The van der Waals surface area contributed by atoms with Gasteiger partial charge < -0.3 is 10.2 Å². The summed E-state index contributed by atoms with van der Waals surface area (Å²) in [5.41, 5.74) is 4.74. The first-order chi connectivity index (χ1) is 16.7. The number of hydrogen-bond acceptors (Lipinski definition) is 4. The van der Waals surface area contributed by atoms with Gasteiger partial charge in [-0.05, 0) is 60.0 Å². The third-order valence-electron chi connectivity index (χ3n) is 6.73. The minimum atomic E-state index is -0.199. The zero-order chi connectivity index (χ0) is 23.3. The van der Waals surface area contributed by atoms with Gasteiger partial charge in [0, 0.05) is 48.9 Å². The van der Waals surface area contributed by atoms with Crippen molar-refractivity contribution in [3.63, 3.8) is 0 Å². The van der Waals surface area contributed by atoms with Crippen molar-refractivity contribution in [3.05, 3.63) is 95.3 Å². The Hall–Kier alpha value is -2.83. The Morgan fingerprint density at radius 3 is 2.41 bits per heavy atom. The molecule has 4 nitrogen and oxygen atoms in total. The molecule has 1 N–H and O–H groups in total. The molecule has 2 aliphatic heterocycles. The molecular formula is C28H30FN3OS. The molecule has 0 saturated carbocycles. The molecule has 0 spiro atoms. The maximum absolute atomic E-state index is 13.2. The van der Waals surface area contributed by atoms with Crippen LogP contribution in [0.1, 0.15) is 35.6 Å². The molecule has 34 heavy (non-hydrogen) atoms. The summed E-state index contributed by atoms with van der Waals surface area (Å²) in [6.07, 6.45) is 1.36. The smallest absolute Gasteiger partial charge is 0.220 e. The highest BCUT2D eigenvalue weighted by Gasteiger charge is 2.25. The molecule has 3 aromatic carbocycles. The van der Waals surface area contributed by atoms with Gasteiger partial charge in [0.05, 0.1) is 6.04 Å². The van der Waals surface area contributed by atoms with Crippen molar-refractivity contribution in [2.75, 3.05) is 37.6 Å². The molecule has 0 radical (unpaired) electrons. The number of thioether (sulfide) groups is 1. The van der Waals surface area contributed by atoms with Crippen LogP contribution in [0.3, 0.4) is 0 Å². The molecule has 0 unspecified atom stereocenters. The standard InChI is InChI=1S/C28H30FN3OS/c29-22-11-13-23(14-12-22)32-18-16-31(17-19-32)15-5-10-27(33)30-28-24-7-2-1-6-21(24)20-34-26-9-4-3-8-25(26)28/h1-4,6-9,11-14,28H,5,10,15-20H2,(H,30,33)/t28-/m1/s1. The molecule has 176 valence electrons. The number of amides is 1. The van der Waals surface area contributed by atoms with Gasteiger partial charge in [0.1, 0.15) is 5.82 Å². The number of halogens is 1. The van der Waals surface area contributed by atoms with Crippen LogP contribution in [0.15, 0.2) is 77.7 Å². The number of fused-ring (bicyclic) bond motifs is 2. The first-order valence-electron chi connectivity index (χ1n) is 12.0. The minimum absolute atomic E-state index is 0.103. The Labute approximate surface area is 205 Å². The van der Waals surface area contributed by atoms with Crippen LogP contribution < -0.4 is 10.2 Å². The molecule has 1 saturated heterocycles. The molecule has 6 heteroatoms. The van der Waals surface area contributed by atoms with Crippen LogP contribution >= 0.6 is 11.8 Å². The normalized spacial score (nSPS) is 18.0. The number of carbonyl (C=O) groups excluding carboxylic acids is 1. The van der Waals surface area contributed by atoms with Crippen molar-refractivity contribution in [1.29, 1.82) is 0 Å². The highest BCUT2D eigenvalue weighted by atomic mass is 32.2. The van der Waals surface area contributed by atoms with E-state index in [0.29, 0.717) is 6.42 Å². The van der Waals surface area contributed by atoms with Crippen molar-refractivity contribution in [1.82, 2.24) is 10.2 Å². The van der Waals surface area contributed by atoms with E-state index in [0.717, 1.165) is 50.6 Å². The van der Waals surface area contributed by atoms with Gasteiger partial charge in [-0.1, -0.05) is 42.5 Å². The third-order valence-corrected chi connectivity index (χ3v) is 7.86. The van der Waals surface area contributed by atoms with Gasteiger partial charge in [0.2, 0.25) is 5.91 Å². The lowest BCUT2D eigenvalue weighted by Crippen LogP contribution is -2.46. The van der Waals surface area contributed by atoms with Crippen molar-refractivity contribution < 1.29 is 9.18 Å². The Bertz CT molecular complexity index is 1080. The van der Waals surface area contributed by atoms with E-state index in [4.69, 9.17) is 0 Å². The molecule has 0 aromatic heterocycles. The van der Waals surface area contributed by atoms with Crippen LogP contribution in [0.4, 0.5) is 10.1 Å². The minimum Gasteiger partial charge on any atom is -0.369 e. The highest BCUT2D eigenvalue weighted by Crippen LogP contribution is 2.39. The predicted molar refractivity (Wildman–Crippen MR) is 137 cm³/mol. The Kier molecular flexibility index (Phi) is 7.16. The Morgan fingerprint density at radius 2 is 1.62 bits per heavy atom. The largest absolute Gasteiger partial charge is 0.369 e. The molecule has 1 fully saturated rings. The fraction of sp³-hybridized carbons (Fsp3) is 0.321. The highest BCUT2D eigenvalue weighted by molar-refractivity contribution is 7.98. The average Bonchev–Trinajstić information content (AvgIpc) is 3.02. The quantitative estimate of drug-likeness (QED) is 0.529. The van der Waals surface area contributed by atoms with E-state index in [1.807, 2.05) is 23.9 Å². The summed E-state index contributed by atoms with van der Waals surface area (Å²) in [7, 11) is 0. The maximum atomic E-state index is 13.2. The van der Waals surface area contributed by atoms with Gasteiger partial charge >= 0.3 is 0 Å². The summed E-state index contributed by atoms with van der Waals surface area (Å²) < 4.78 is 13.2. The summed E-state index contributed by atoms with van der Waals surface area (Å²) in [6, 6.07) is 23.5. The SMILES string of the molecule is O=C(CCCN1CCN(c2ccc(F)cc2)CC1)N[C@@H]1c2ccccc2CSc2ccccc21. The van der Waals surface area contributed by atoms with Gasteiger partial charge in [-0.25, -0.2) is 4.39 Å². The molecule has 3 aromatic rings. The van der Waals surface area contributed by atoms with Crippen molar-refractivity contribution in [2.24, 2.45) is 0 Å². The molecular weight excluding hydrogens is 445 g/mol. The fourth-order valence-corrected chi connectivity index (χ4v) is 5.96. The van der Waals surface area contributed by atoms with Crippen LogP contribution in [0, 0.1) is 5.82 Å². The van der Waals surface area contributed by atoms with Crippen molar-refractivity contribution in [2.45, 2.75) is 29.5 Å². The van der Waals surface area contributed by atoms with E-state index in [1.165, 1.54) is 33.7 Å². The van der Waals surface area contributed by atoms with E-state index < -0.39 is 0 Å². The topological polar surface area (TPSA) is 35.6 Å². The van der Waals surface area contributed by atoms with Crippen LogP contribution in [0.5, 0.6) is 0 Å². The molecule has 0 bridgehead atoms. The number of carbonyl (C=O) groups is 1.